The second-order valence-electron chi connectivity index (χ2n) is 7.52. The van der Waals surface area contributed by atoms with Crippen LogP contribution in [-0.4, -0.2) is 55.3 Å². The van der Waals surface area contributed by atoms with E-state index in [-0.39, 0.29) is 0 Å². The molecule has 1 fully saturated rings. The van der Waals surface area contributed by atoms with Crippen molar-refractivity contribution in [2.24, 2.45) is 0 Å². The molecule has 164 valence electrons. The average Bonchev–Trinajstić information content (AvgIpc) is 3.14. The molecule has 10 heteroatoms. The maximum Gasteiger partial charge on any atom is 0.416 e. The first-order valence-corrected chi connectivity index (χ1v) is 11.0. The van der Waals surface area contributed by atoms with Crippen molar-refractivity contribution in [3.05, 3.63) is 48.0 Å². The van der Waals surface area contributed by atoms with E-state index in [9.17, 15) is 13.2 Å². The molecule has 5 nitrogen and oxygen atoms in total. The van der Waals surface area contributed by atoms with Crippen molar-refractivity contribution in [2.45, 2.75) is 6.18 Å². The first-order chi connectivity index (χ1) is 14.7. The molecule has 1 N–H and O–H groups in total. The predicted molar refractivity (Wildman–Crippen MR) is 125 cm³/mol. The Labute approximate surface area is 188 Å². The van der Waals surface area contributed by atoms with E-state index < -0.39 is 11.7 Å². The summed E-state index contributed by atoms with van der Waals surface area (Å²) in [6.45, 7) is 2.43. The van der Waals surface area contributed by atoms with Crippen molar-refractivity contribution in [2.75, 3.05) is 55.4 Å². The van der Waals surface area contributed by atoms with Crippen LogP contribution in [0.25, 0.3) is 10.2 Å². The minimum Gasteiger partial charge on any atom is -0.378 e. The third-order valence-corrected chi connectivity index (χ3v) is 6.50. The summed E-state index contributed by atoms with van der Waals surface area (Å²) in [7, 11) is 3.99. The van der Waals surface area contributed by atoms with Gasteiger partial charge in [0.05, 0.1) is 15.8 Å². The molecule has 1 aliphatic heterocycles. The van der Waals surface area contributed by atoms with E-state index in [0.717, 1.165) is 27.1 Å². The number of nitrogens with one attached hydrogen (secondary N) is 1. The minimum absolute atomic E-state index is 0.579. The Kier molecular flexibility index (Phi) is 5.94. The Morgan fingerprint density at radius 1 is 1.10 bits per heavy atom. The van der Waals surface area contributed by atoms with Gasteiger partial charge in [0.2, 0.25) is 0 Å². The number of piperazine rings is 1. The molecule has 0 atom stereocenters. The van der Waals surface area contributed by atoms with Crippen LogP contribution < -0.4 is 15.1 Å². The summed E-state index contributed by atoms with van der Waals surface area (Å²) in [4.78, 5) is 10.6. The highest BCUT2D eigenvalue weighted by atomic mass is 32.1. The molecule has 0 aliphatic carbocycles. The van der Waals surface area contributed by atoms with E-state index in [2.05, 4.69) is 16.4 Å². The normalized spacial score (nSPS) is 14.7. The monoisotopic (exact) mass is 465 g/mol. The number of hydrogen-bond acceptors (Lipinski definition) is 5. The van der Waals surface area contributed by atoms with Crippen molar-refractivity contribution < 1.29 is 13.2 Å². The van der Waals surface area contributed by atoms with Crippen molar-refractivity contribution in [1.29, 1.82) is 0 Å². The number of thiocarbonyl (C=S) groups is 1. The van der Waals surface area contributed by atoms with E-state index in [4.69, 9.17) is 12.2 Å². The van der Waals surface area contributed by atoms with Gasteiger partial charge < -0.3 is 20.0 Å². The largest absolute Gasteiger partial charge is 0.416 e. The fraction of sp³-hybridized carbons (Fsp3) is 0.333. The van der Waals surface area contributed by atoms with Gasteiger partial charge in [0.25, 0.3) is 0 Å². The van der Waals surface area contributed by atoms with Gasteiger partial charge in [0, 0.05) is 51.6 Å². The topological polar surface area (TPSA) is 34.6 Å². The van der Waals surface area contributed by atoms with Crippen molar-refractivity contribution >= 4 is 55.4 Å². The van der Waals surface area contributed by atoms with Gasteiger partial charge in [-0.05, 0) is 48.6 Å². The Bertz CT molecular complexity index is 1090. The van der Waals surface area contributed by atoms with Crippen molar-refractivity contribution in [3.8, 4) is 0 Å². The summed E-state index contributed by atoms with van der Waals surface area (Å²) in [5.74, 6) is 0. The number of nitrogens with zero attached hydrogens (tertiary/aromatic N) is 4. The third-order valence-electron chi connectivity index (χ3n) is 5.21. The number of benzene rings is 2. The van der Waals surface area contributed by atoms with Gasteiger partial charge in [-0.25, -0.2) is 4.98 Å². The number of anilines is 3. The highest BCUT2D eigenvalue weighted by Crippen LogP contribution is 2.32. The smallest absolute Gasteiger partial charge is 0.378 e. The molecule has 1 aromatic heterocycles. The molecule has 2 heterocycles. The number of halogens is 3. The number of hydrogen-bond donors (Lipinski definition) is 1. The van der Waals surface area contributed by atoms with Gasteiger partial charge in [-0.15, -0.1) is 0 Å². The van der Waals surface area contributed by atoms with Crippen molar-refractivity contribution in [1.82, 2.24) is 9.88 Å². The molecular weight excluding hydrogens is 443 g/mol. The zero-order valence-electron chi connectivity index (χ0n) is 17.1. The van der Waals surface area contributed by atoms with E-state index in [1.165, 1.54) is 12.1 Å². The fourth-order valence-electron chi connectivity index (χ4n) is 3.46. The van der Waals surface area contributed by atoms with Gasteiger partial charge in [-0.1, -0.05) is 17.4 Å². The summed E-state index contributed by atoms with van der Waals surface area (Å²) >= 11 is 7.10. The summed E-state index contributed by atoms with van der Waals surface area (Å²) in [5.41, 5.74) is 1.97. The molecule has 0 radical (unpaired) electrons. The Hall–Kier alpha value is -2.59. The van der Waals surface area contributed by atoms with Gasteiger partial charge in [-0.2, -0.15) is 13.2 Å². The molecule has 1 saturated heterocycles. The van der Waals surface area contributed by atoms with Crippen LogP contribution in [0.3, 0.4) is 0 Å². The molecule has 3 aromatic rings. The van der Waals surface area contributed by atoms with Crippen LogP contribution in [0.4, 0.5) is 29.7 Å². The lowest BCUT2D eigenvalue weighted by molar-refractivity contribution is -0.137. The highest BCUT2D eigenvalue weighted by molar-refractivity contribution is 7.80. The molecule has 4 rings (SSSR count). The van der Waals surface area contributed by atoms with Crippen LogP contribution in [0.1, 0.15) is 5.56 Å². The Morgan fingerprint density at radius 3 is 2.52 bits per heavy atom. The van der Waals surface area contributed by atoms with Gasteiger partial charge in [0.15, 0.2) is 10.2 Å². The maximum atomic E-state index is 13.0. The molecule has 2 aromatic carbocycles. The van der Waals surface area contributed by atoms with Crippen molar-refractivity contribution in [3.63, 3.8) is 0 Å². The number of thiazole rings is 1. The summed E-state index contributed by atoms with van der Waals surface area (Å²) in [6, 6.07) is 11.6. The van der Waals surface area contributed by atoms with Gasteiger partial charge in [-0.3, -0.25) is 0 Å². The average molecular weight is 466 g/mol. The summed E-state index contributed by atoms with van der Waals surface area (Å²) < 4.78 is 40.0. The zero-order valence-corrected chi connectivity index (χ0v) is 18.7. The minimum atomic E-state index is -4.34. The standard InChI is InChI=1S/C21H22F3N5S2/c1-27(2)15-6-7-17-18(13-15)31-19(25-17)26-20(30)29-10-8-28(9-11-29)16-5-3-4-14(12-16)21(22,23)24/h3-7,12-13H,8-11H2,1-2H3,(H,25,26,30). The van der Waals surface area contributed by atoms with Crippen LogP contribution in [0.15, 0.2) is 42.5 Å². The lowest BCUT2D eigenvalue weighted by atomic mass is 10.1. The Balaban J connectivity index is 1.38. The molecule has 1 aliphatic rings. The predicted octanol–water partition coefficient (Wildman–Crippen LogP) is 4.90. The maximum absolute atomic E-state index is 13.0. The van der Waals surface area contributed by atoms with Gasteiger partial charge in [0.1, 0.15) is 0 Å². The number of alkyl halides is 3. The number of rotatable bonds is 3. The molecule has 0 unspecified atom stereocenters. The highest BCUT2D eigenvalue weighted by Gasteiger charge is 2.31. The first-order valence-electron chi connectivity index (χ1n) is 9.77. The first kappa shape index (κ1) is 21.6. The van der Waals surface area contributed by atoms with Gasteiger partial charge >= 0.3 is 6.18 Å². The second-order valence-corrected chi connectivity index (χ2v) is 8.94. The van der Waals surface area contributed by atoms with E-state index >= 15 is 0 Å². The molecule has 0 spiro atoms. The molecular formula is C21H22F3N5S2. The fourth-order valence-corrected chi connectivity index (χ4v) is 4.70. The quantitative estimate of drug-likeness (QED) is 0.555. The van der Waals surface area contributed by atoms with Crippen LogP contribution in [-0.2, 0) is 6.18 Å². The number of fused-ring (bicyclic) bond motifs is 1. The summed E-state index contributed by atoms with van der Waals surface area (Å²) in [6.07, 6.45) is -4.34. The van der Waals surface area contributed by atoms with E-state index in [0.29, 0.717) is 37.0 Å². The lowest BCUT2D eigenvalue weighted by Crippen LogP contribution is -2.50. The van der Waals surface area contributed by atoms with Crippen LogP contribution in [0, 0.1) is 0 Å². The SMILES string of the molecule is CN(C)c1ccc2nc(NC(=S)N3CCN(c4cccc(C(F)(F)F)c4)CC3)sc2c1. The molecule has 31 heavy (non-hydrogen) atoms. The Morgan fingerprint density at radius 2 is 1.84 bits per heavy atom. The van der Waals surface area contributed by atoms with E-state index in [1.54, 1.807) is 17.4 Å². The van der Waals surface area contributed by atoms with E-state index in [1.807, 2.05) is 40.9 Å². The molecule has 0 saturated carbocycles. The molecule has 0 bridgehead atoms. The van der Waals surface area contributed by atoms with Crippen LogP contribution in [0.5, 0.6) is 0 Å². The molecule has 0 amide bonds. The van der Waals surface area contributed by atoms with Crippen LogP contribution >= 0.6 is 23.6 Å². The summed E-state index contributed by atoms with van der Waals surface area (Å²) in [5, 5.41) is 4.53. The third kappa shape index (κ3) is 4.85. The lowest BCUT2D eigenvalue weighted by Gasteiger charge is -2.37. The zero-order chi connectivity index (χ0) is 22.2. The number of aromatic nitrogens is 1. The second kappa shape index (κ2) is 8.51. The van der Waals surface area contributed by atoms with Crippen LogP contribution in [0.2, 0.25) is 0 Å².